The largest absolute Gasteiger partial charge is 0.449 e. The molecule has 1 aromatic heterocycles. The normalized spacial score (nSPS) is 22.0. The van der Waals surface area contributed by atoms with E-state index in [9.17, 15) is 9.90 Å². The molecule has 2 heterocycles. The number of nitrogens with zero attached hydrogens (tertiary/aromatic N) is 2. The maximum absolute atomic E-state index is 12.2. The number of rotatable bonds is 4. The van der Waals surface area contributed by atoms with E-state index in [1.807, 2.05) is 25.1 Å². The van der Waals surface area contributed by atoms with Crippen molar-refractivity contribution in [3.05, 3.63) is 53.7 Å². The molecule has 1 fully saturated rings. The molecule has 0 aliphatic carbocycles. The number of piperidine rings is 1. The van der Waals surface area contributed by atoms with Gasteiger partial charge in [-0.1, -0.05) is 18.2 Å². The molecule has 0 spiro atoms. The number of aliphatic hydroxyl groups excluding tert-OH is 1. The fourth-order valence-corrected chi connectivity index (χ4v) is 2.86. The Morgan fingerprint density at radius 1 is 1.43 bits per heavy atom. The maximum Gasteiger partial charge on any atom is 0.251 e. The van der Waals surface area contributed by atoms with Gasteiger partial charge in [0.1, 0.15) is 6.26 Å². The molecule has 2 aromatic rings. The summed E-state index contributed by atoms with van der Waals surface area (Å²) in [6.07, 6.45) is 1.76. The number of aryl methyl sites for hydroxylation is 1. The molecule has 0 unspecified atom stereocenters. The lowest BCUT2D eigenvalue weighted by atomic mass is 10.0. The minimum Gasteiger partial charge on any atom is -0.449 e. The molecule has 122 valence electrons. The number of nitrogens with one attached hydrogen (secondary N) is 1. The lowest BCUT2D eigenvalue weighted by Gasteiger charge is -2.35. The highest BCUT2D eigenvalue weighted by Crippen LogP contribution is 2.15. The summed E-state index contributed by atoms with van der Waals surface area (Å²) in [5.41, 5.74) is 1.47. The summed E-state index contributed by atoms with van der Waals surface area (Å²) in [6.45, 7) is 3.76. The van der Waals surface area contributed by atoms with Gasteiger partial charge in [-0.2, -0.15) is 0 Å². The Hall–Kier alpha value is -2.18. The van der Waals surface area contributed by atoms with Crippen molar-refractivity contribution in [2.24, 2.45) is 0 Å². The van der Waals surface area contributed by atoms with Crippen LogP contribution in [-0.4, -0.2) is 46.1 Å². The van der Waals surface area contributed by atoms with Crippen LogP contribution >= 0.6 is 0 Å². The van der Waals surface area contributed by atoms with Gasteiger partial charge in [0.25, 0.3) is 5.91 Å². The Kier molecular flexibility index (Phi) is 4.73. The average Bonchev–Trinajstić information content (AvgIpc) is 2.96. The first-order valence-electron chi connectivity index (χ1n) is 7.79. The molecule has 6 nitrogen and oxygen atoms in total. The Labute approximate surface area is 135 Å². The van der Waals surface area contributed by atoms with E-state index in [4.69, 9.17) is 4.42 Å². The lowest BCUT2D eigenvalue weighted by Crippen LogP contribution is -2.53. The molecule has 1 saturated heterocycles. The zero-order valence-corrected chi connectivity index (χ0v) is 13.1. The Bertz CT molecular complexity index is 656. The topological polar surface area (TPSA) is 78.6 Å². The predicted molar refractivity (Wildman–Crippen MR) is 84.8 cm³/mol. The highest BCUT2D eigenvalue weighted by molar-refractivity contribution is 5.94. The zero-order valence-electron chi connectivity index (χ0n) is 13.1. The first kappa shape index (κ1) is 15.7. The van der Waals surface area contributed by atoms with Gasteiger partial charge in [-0.3, -0.25) is 9.69 Å². The second kappa shape index (κ2) is 6.93. The molecule has 23 heavy (non-hydrogen) atoms. The molecule has 0 radical (unpaired) electrons. The number of hydrogen-bond donors (Lipinski definition) is 2. The first-order valence-corrected chi connectivity index (χ1v) is 7.79. The van der Waals surface area contributed by atoms with Gasteiger partial charge in [-0.25, -0.2) is 4.98 Å². The van der Waals surface area contributed by atoms with E-state index in [0.29, 0.717) is 31.0 Å². The summed E-state index contributed by atoms with van der Waals surface area (Å²) in [5, 5.41) is 13.2. The van der Waals surface area contributed by atoms with Crippen LogP contribution in [0, 0.1) is 6.92 Å². The van der Waals surface area contributed by atoms with Crippen LogP contribution in [0.4, 0.5) is 0 Å². The third kappa shape index (κ3) is 3.97. The van der Waals surface area contributed by atoms with E-state index in [1.165, 1.54) is 0 Å². The third-order valence-electron chi connectivity index (χ3n) is 4.07. The van der Waals surface area contributed by atoms with Crippen LogP contribution < -0.4 is 5.32 Å². The van der Waals surface area contributed by atoms with Gasteiger partial charge in [0.05, 0.1) is 17.8 Å². The van der Waals surface area contributed by atoms with E-state index in [-0.39, 0.29) is 11.9 Å². The molecular weight excluding hydrogens is 294 g/mol. The highest BCUT2D eigenvalue weighted by atomic mass is 16.3. The van der Waals surface area contributed by atoms with Gasteiger partial charge in [-0.15, -0.1) is 0 Å². The number of carbonyl (C=O) groups excluding carboxylic acids is 1. The number of likely N-dealkylation sites (tertiary alicyclic amines) is 1. The number of amides is 1. The van der Waals surface area contributed by atoms with Gasteiger partial charge < -0.3 is 14.8 Å². The summed E-state index contributed by atoms with van der Waals surface area (Å²) in [6, 6.07) is 8.84. The van der Waals surface area contributed by atoms with Crippen LogP contribution in [0.3, 0.4) is 0 Å². The van der Waals surface area contributed by atoms with Crippen molar-refractivity contribution < 1.29 is 14.3 Å². The second-order valence-corrected chi connectivity index (χ2v) is 5.89. The average molecular weight is 315 g/mol. The van der Waals surface area contributed by atoms with Crippen LogP contribution in [0.1, 0.15) is 28.4 Å². The van der Waals surface area contributed by atoms with Crippen LogP contribution in [0.2, 0.25) is 0 Å². The monoisotopic (exact) mass is 315 g/mol. The fraction of sp³-hybridized carbons (Fsp3) is 0.412. The molecular formula is C17H21N3O3. The minimum absolute atomic E-state index is 0.143. The molecule has 1 aromatic carbocycles. The summed E-state index contributed by atoms with van der Waals surface area (Å²) in [7, 11) is 0. The van der Waals surface area contributed by atoms with Gasteiger partial charge >= 0.3 is 0 Å². The zero-order chi connectivity index (χ0) is 16.2. The SMILES string of the molecule is Cc1nc(CN2CC[C@@H](NC(=O)c3ccccc3)[C@H](O)C2)co1. The van der Waals surface area contributed by atoms with Crippen LogP contribution in [-0.2, 0) is 6.54 Å². The first-order chi connectivity index (χ1) is 11.1. The number of benzene rings is 1. The second-order valence-electron chi connectivity index (χ2n) is 5.89. The number of oxazole rings is 1. The summed E-state index contributed by atoms with van der Waals surface area (Å²) < 4.78 is 5.20. The fourth-order valence-electron chi connectivity index (χ4n) is 2.86. The van der Waals surface area contributed by atoms with Crippen molar-refractivity contribution in [2.75, 3.05) is 13.1 Å². The molecule has 0 saturated carbocycles. The number of aliphatic hydroxyl groups is 1. The minimum atomic E-state index is -0.593. The third-order valence-corrected chi connectivity index (χ3v) is 4.07. The van der Waals surface area contributed by atoms with Crippen LogP contribution in [0.15, 0.2) is 41.0 Å². The van der Waals surface area contributed by atoms with Crippen molar-refractivity contribution in [3.8, 4) is 0 Å². The van der Waals surface area contributed by atoms with Gasteiger partial charge in [0.15, 0.2) is 5.89 Å². The van der Waals surface area contributed by atoms with Crippen molar-refractivity contribution in [3.63, 3.8) is 0 Å². The van der Waals surface area contributed by atoms with Crippen molar-refractivity contribution in [2.45, 2.75) is 32.0 Å². The Balaban J connectivity index is 1.53. The van der Waals surface area contributed by atoms with Crippen LogP contribution in [0.5, 0.6) is 0 Å². The molecule has 3 rings (SSSR count). The van der Waals surface area contributed by atoms with Crippen molar-refractivity contribution in [1.29, 1.82) is 0 Å². The predicted octanol–water partition coefficient (Wildman–Crippen LogP) is 1.35. The molecule has 1 aliphatic heterocycles. The van der Waals surface area contributed by atoms with Crippen LogP contribution in [0.25, 0.3) is 0 Å². The molecule has 2 N–H and O–H groups in total. The standard InChI is InChI=1S/C17H21N3O3/c1-12-18-14(11-23-12)9-20-8-7-15(16(21)10-20)19-17(22)13-5-3-2-4-6-13/h2-6,11,15-16,21H,7-10H2,1H3,(H,19,22)/t15-,16-/m1/s1. The molecule has 6 heteroatoms. The summed E-state index contributed by atoms with van der Waals surface area (Å²) in [5.74, 6) is 0.501. The van der Waals surface area contributed by atoms with Crippen molar-refractivity contribution >= 4 is 5.91 Å². The molecule has 1 amide bonds. The highest BCUT2D eigenvalue weighted by Gasteiger charge is 2.29. The number of β-amino-alcohol motifs (C(OH)–C–C–N with tert-alkyl or cyclic N) is 1. The van der Waals surface area contributed by atoms with E-state index < -0.39 is 6.10 Å². The molecule has 1 aliphatic rings. The maximum atomic E-state index is 12.2. The smallest absolute Gasteiger partial charge is 0.251 e. The number of hydrogen-bond acceptors (Lipinski definition) is 5. The Morgan fingerprint density at radius 3 is 2.87 bits per heavy atom. The summed E-state index contributed by atoms with van der Waals surface area (Å²) in [4.78, 5) is 18.6. The quantitative estimate of drug-likeness (QED) is 0.890. The van der Waals surface area contributed by atoms with E-state index >= 15 is 0 Å². The van der Waals surface area contributed by atoms with Gasteiger partial charge in [-0.05, 0) is 18.6 Å². The van der Waals surface area contributed by atoms with E-state index in [0.717, 1.165) is 12.2 Å². The van der Waals surface area contributed by atoms with Gasteiger partial charge in [0.2, 0.25) is 0 Å². The Morgan fingerprint density at radius 2 is 2.22 bits per heavy atom. The van der Waals surface area contributed by atoms with Gasteiger partial charge in [0, 0.05) is 32.1 Å². The molecule has 0 bridgehead atoms. The number of carbonyl (C=O) groups is 1. The summed E-state index contributed by atoms with van der Waals surface area (Å²) >= 11 is 0. The van der Waals surface area contributed by atoms with E-state index in [2.05, 4.69) is 15.2 Å². The lowest BCUT2D eigenvalue weighted by molar-refractivity contribution is 0.0345. The van der Waals surface area contributed by atoms with E-state index in [1.54, 1.807) is 18.4 Å². The number of aromatic nitrogens is 1. The van der Waals surface area contributed by atoms with Crippen molar-refractivity contribution in [1.82, 2.24) is 15.2 Å². The molecule has 2 atom stereocenters.